The summed E-state index contributed by atoms with van der Waals surface area (Å²) < 4.78 is 28.4. The van der Waals surface area contributed by atoms with E-state index in [1.807, 2.05) is 48.2 Å². The molecule has 2 aromatic carbocycles. The van der Waals surface area contributed by atoms with Crippen molar-refractivity contribution >= 4 is 27.5 Å². The van der Waals surface area contributed by atoms with E-state index in [9.17, 15) is 13.2 Å². The van der Waals surface area contributed by atoms with Crippen LogP contribution in [-0.2, 0) is 21.2 Å². The number of amides is 1. The highest BCUT2D eigenvalue weighted by Gasteiger charge is 2.27. The van der Waals surface area contributed by atoms with Crippen molar-refractivity contribution in [3.63, 3.8) is 0 Å². The number of carbonyl (C=O) groups excluding carboxylic acids is 1. The third-order valence-corrected chi connectivity index (χ3v) is 7.26. The van der Waals surface area contributed by atoms with E-state index in [-0.39, 0.29) is 11.9 Å². The molecule has 5 nitrogen and oxygen atoms in total. The second-order valence-corrected chi connectivity index (χ2v) is 9.79. The SMILES string of the molecule is Cc1ccc(C)c(S(=O)(=O)NC2CCN(C(=O)CCc3ccc(Cl)cc3)CC2)c1. The van der Waals surface area contributed by atoms with Gasteiger partial charge in [-0.1, -0.05) is 35.9 Å². The molecule has 1 N–H and O–H groups in total. The van der Waals surface area contributed by atoms with Crippen molar-refractivity contribution in [3.8, 4) is 0 Å². The van der Waals surface area contributed by atoms with Crippen LogP contribution < -0.4 is 4.72 Å². The lowest BCUT2D eigenvalue weighted by Gasteiger charge is -2.32. The molecular weight excluding hydrogens is 408 g/mol. The molecule has 0 bridgehead atoms. The third-order valence-electron chi connectivity index (χ3n) is 5.34. The van der Waals surface area contributed by atoms with Gasteiger partial charge in [-0.05, 0) is 68.0 Å². The summed E-state index contributed by atoms with van der Waals surface area (Å²) in [5.74, 6) is 0.107. The van der Waals surface area contributed by atoms with Gasteiger partial charge in [0.05, 0.1) is 4.90 Å². The topological polar surface area (TPSA) is 66.5 Å². The zero-order valence-electron chi connectivity index (χ0n) is 16.8. The lowest BCUT2D eigenvalue weighted by atomic mass is 10.0. The molecule has 1 fully saturated rings. The van der Waals surface area contributed by atoms with Crippen LogP contribution in [0.2, 0.25) is 5.02 Å². The number of halogens is 1. The molecule has 2 aromatic rings. The molecule has 1 aliphatic rings. The van der Waals surface area contributed by atoms with Crippen LogP contribution in [0.4, 0.5) is 0 Å². The fourth-order valence-corrected chi connectivity index (χ4v) is 5.35. The standard InChI is InChI=1S/C22H27ClN2O3S/c1-16-3-4-17(2)21(15-16)29(27,28)24-20-11-13-25(14-12-20)22(26)10-7-18-5-8-19(23)9-6-18/h3-6,8-9,15,20,24H,7,10-14H2,1-2H3. The molecule has 3 rings (SSSR count). The van der Waals surface area contributed by atoms with E-state index in [2.05, 4.69) is 4.72 Å². The Morgan fingerprint density at radius 3 is 2.41 bits per heavy atom. The highest BCUT2D eigenvalue weighted by Crippen LogP contribution is 2.20. The molecule has 0 aromatic heterocycles. The Kier molecular flexibility index (Phi) is 6.98. The van der Waals surface area contributed by atoms with Crippen molar-refractivity contribution in [2.75, 3.05) is 13.1 Å². The number of carbonyl (C=O) groups is 1. The molecule has 1 aliphatic heterocycles. The molecular formula is C22H27ClN2O3S. The Morgan fingerprint density at radius 2 is 1.76 bits per heavy atom. The van der Waals surface area contributed by atoms with Crippen molar-refractivity contribution in [1.29, 1.82) is 0 Å². The smallest absolute Gasteiger partial charge is 0.241 e. The first-order valence-corrected chi connectivity index (χ1v) is 11.7. The number of piperidine rings is 1. The molecule has 0 aliphatic carbocycles. The van der Waals surface area contributed by atoms with Crippen molar-refractivity contribution in [3.05, 3.63) is 64.2 Å². The van der Waals surface area contributed by atoms with E-state index >= 15 is 0 Å². The first-order valence-electron chi connectivity index (χ1n) is 9.86. The third kappa shape index (κ3) is 5.81. The van der Waals surface area contributed by atoms with E-state index < -0.39 is 10.0 Å². The quantitative estimate of drug-likeness (QED) is 0.750. The number of nitrogens with zero attached hydrogens (tertiary/aromatic N) is 1. The summed E-state index contributed by atoms with van der Waals surface area (Å²) in [6, 6.07) is 12.8. The number of rotatable bonds is 6. The van der Waals surface area contributed by atoms with Crippen molar-refractivity contribution in [2.45, 2.75) is 50.5 Å². The molecule has 1 amide bonds. The summed E-state index contributed by atoms with van der Waals surface area (Å²) in [7, 11) is -3.56. The average molecular weight is 435 g/mol. The Hall–Kier alpha value is -1.89. The summed E-state index contributed by atoms with van der Waals surface area (Å²) in [4.78, 5) is 14.7. The van der Waals surface area contributed by atoms with Gasteiger partial charge in [0.1, 0.15) is 0 Å². The molecule has 1 heterocycles. The van der Waals surface area contributed by atoms with Crippen LogP contribution in [-0.4, -0.2) is 38.4 Å². The Morgan fingerprint density at radius 1 is 1.10 bits per heavy atom. The molecule has 0 unspecified atom stereocenters. The Balaban J connectivity index is 1.51. The van der Waals surface area contributed by atoms with Gasteiger partial charge in [-0.3, -0.25) is 4.79 Å². The van der Waals surface area contributed by atoms with Gasteiger partial charge in [0.2, 0.25) is 15.9 Å². The molecule has 29 heavy (non-hydrogen) atoms. The number of sulfonamides is 1. The molecule has 7 heteroatoms. The summed E-state index contributed by atoms with van der Waals surface area (Å²) >= 11 is 5.89. The molecule has 0 radical (unpaired) electrons. The first kappa shape index (κ1) is 21.8. The van der Waals surface area contributed by atoms with Crippen molar-refractivity contribution in [1.82, 2.24) is 9.62 Å². The number of likely N-dealkylation sites (tertiary alicyclic amines) is 1. The predicted octanol–water partition coefficient (Wildman–Crippen LogP) is 3.86. The molecule has 1 saturated heterocycles. The second kappa shape index (κ2) is 9.28. The van der Waals surface area contributed by atoms with Gasteiger partial charge in [0.15, 0.2) is 0 Å². The van der Waals surface area contributed by atoms with E-state index in [1.165, 1.54) is 0 Å². The number of nitrogens with one attached hydrogen (secondary N) is 1. The fourth-order valence-electron chi connectivity index (χ4n) is 3.59. The largest absolute Gasteiger partial charge is 0.343 e. The maximum Gasteiger partial charge on any atom is 0.241 e. The number of aryl methyl sites for hydroxylation is 3. The van der Waals surface area contributed by atoms with Crippen molar-refractivity contribution < 1.29 is 13.2 Å². The second-order valence-electron chi connectivity index (χ2n) is 7.67. The maximum absolute atomic E-state index is 12.8. The summed E-state index contributed by atoms with van der Waals surface area (Å²) in [6.07, 6.45) is 2.36. The highest BCUT2D eigenvalue weighted by molar-refractivity contribution is 7.89. The van der Waals surface area contributed by atoms with Crippen LogP contribution in [0, 0.1) is 13.8 Å². The number of hydrogen-bond donors (Lipinski definition) is 1. The average Bonchev–Trinajstić information content (AvgIpc) is 2.69. The zero-order valence-corrected chi connectivity index (χ0v) is 18.4. The van der Waals surface area contributed by atoms with Crippen molar-refractivity contribution in [2.24, 2.45) is 0 Å². The minimum absolute atomic E-state index is 0.107. The van der Waals surface area contributed by atoms with E-state index in [1.54, 1.807) is 13.0 Å². The molecule has 0 spiro atoms. The van der Waals surface area contributed by atoms with Crippen LogP contribution in [0.15, 0.2) is 47.4 Å². The lowest BCUT2D eigenvalue weighted by Crippen LogP contribution is -2.46. The Labute approximate surface area is 178 Å². The molecule has 0 atom stereocenters. The summed E-state index contributed by atoms with van der Waals surface area (Å²) in [6.45, 7) is 4.82. The van der Waals surface area contributed by atoms with Crippen LogP contribution in [0.25, 0.3) is 0 Å². The van der Waals surface area contributed by atoms with Crippen LogP contribution in [0.3, 0.4) is 0 Å². The minimum Gasteiger partial charge on any atom is -0.343 e. The van der Waals surface area contributed by atoms with Gasteiger partial charge < -0.3 is 4.90 Å². The van der Waals surface area contributed by atoms with E-state index in [0.717, 1.165) is 16.7 Å². The number of benzene rings is 2. The van der Waals surface area contributed by atoms with E-state index in [4.69, 9.17) is 11.6 Å². The van der Waals surface area contributed by atoms with Gasteiger partial charge in [0.25, 0.3) is 0 Å². The van der Waals surface area contributed by atoms with Gasteiger partial charge in [0, 0.05) is 30.6 Å². The Bertz CT molecular complexity index is 966. The number of hydrogen-bond acceptors (Lipinski definition) is 3. The molecule has 156 valence electrons. The van der Waals surface area contributed by atoms with E-state index in [0.29, 0.717) is 48.7 Å². The van der Waals surface area contributed by atoms with Crippen LogP contribution >= 0.6 is 11.6 Å². The normalized spacial score (nSPS) is 15.5. The fraction of sp³-hybridized carbons (Fsp3) is 0.409. The maximum atomic E-state index is 12.8. The van der Waals surface area contributed by atoms with Crippen LogP contribution in [0.5, 0.6) is 0 Å². The van der Waals surface area contributed by atoms with Gasteiger partial charge in [-0.2, -0.15) is 0 Å². The first-order chi connectivity index (χ1) is 13.7. The highest BCUT2D eigenvalue weighted by atomic mass is 35.5. The minimum atomic E-state index is -3.56. The van der Waals surface area contributed by atoms with Gasteiger partial charge in [-0.25, -0.2) is 13.1 Å². The van der Waals surface area contributed by atoms with Gasteiger partial charge >= 0.3 is 0 Å². The predicted molar refractivity (Wildman–Crippen MR) is 116 cm³/mol. The van der Waals surface area contributed by atoms with Crippen LogP contribution in [0.1, 0.15) is 36.0 Å². The van der Waals surface area contributed by atoms with Gasteiger partial charge in [-0.15, -0.1) is 0 Å². The monoisotopic (exact) mass is 434 g/mol. The lowest BCUT2D eigenvalue weighted by molar-refractivity contribution is -0.132. The summed E-state index contributed by atoms with van der Waals surface area (Å²) in [5.41, 5.74) is 2.73. The zero-order chi connectivity index (χ0) is 21.0. The molecule has 0 saturated carbocycles. The summed E-state index contributed by atoms with van der Waals surface area (Å²) in [5, 5.41) is 0.686.